The Balaban J connectivity index is 1.83. The Kier molecular flexibility index (Phi) is 4.01. The van der Waals surface area contributed by atoms with Crippen LogP contribution in [0.15, 0.2) is 42.7 Å². The Morgan fingerprint density at radius 1 is 1.24 bits per heavy atom. The number of carbonyl (C=O) groups excluding carboxylic acids is 1. The Labute approximate surface area is 123 Å². The highest BCUT2D eigenvalue weighted by molar-refractivity contribution is 5.97. The maximum absolute atomic E-state index is 12.7. The maximum atomic E-state index is 12.7. The minimum Gasteiger partial charge on any atom is -0.396 e. The molecule has 1 aromatic carbocycles. The van der Waals surface area contributed by atoms with E-state index in [2.05, 4.69) is 5.10 Å². The Morgan fingerprint density at radius 3 is 2.67 bits per heavy atom. The molecule has 1 N–H and O–H groups in total. The van der Waals surface area contributed by atoms with Gasteiger partial charge in [0.05, 0.1) is 11.3 Å². The van der Waals surface area contributed by atoms with E-state index < -0.39 is 0 Å². The Bertz CT molecular complexity index is 602. The number of hydrogen-bond donors (Lipinski definition) is 1. The summed E-state index contributed by atoms with van der Waals surface area (Å²) in [6, 6.07) is 9.37. The lowest BCUT2D eigenvalue weighted by molar-refractivity contribution is 0.0650. The summed E-state index contributed by atoms with van der Waals surface area (Å²) in [5.41, 5.74) is 1.47. The molecule has 1 saturated heterocycles. The second-order valence-electron chi connectivity index (χ2n) is 5.39. The van der Waals surface area contributed by atoms with E-state index in [1.807, 2.05) is 41.4 Å². The first-order valence-corrected chi connectivity index (χ1v) is 7.29. The van der Waals surface area contributed by atoms with Crippen molar-refractivity contribution >= 4 is 5.91 Å². The van der Waals surface area contributed by atoms with Crippen LogP contribution in [0, 0.1) is 5.92 Å². The van der Waals surface area contributed by atoms with E-state index in [0.717, 1.165) is 18.5 Å². The summed E-state index contributed by atoms with van der Waals surface area (Å²) >= 11 is 0. The molecule has 1 fully saturated rings. The van der Waals surface area contributed by atoms with Crippen LogP contribution in [0.25, 0.3) is 5.69 Å². The first kappa shape index (κ1) is 13.8. The average molecular weight is 285 g/mol. The van der Waals surface area contributed by atoms with Crippen molar-refractivity contribution < 1.29 is 9.90 Å². The zero-order valence-electron chi connectivity index (χ0n) is 11.9. The molecule has 21 heavy (non-hydrogen) atoms. The number of benzene rings is 1. The molecule has 0 aliphatic carbocycles. The van der Waals surface area contributed by atoms with E-state index in [-0.39, 0.29) is 12.5 Å². The van der Waals surface area contributed by atoms with E-state index in [4.69, 9.17) is 0 Å². The highest BCUT2D eigenvalue weighted by Gasteiger charge is 2.24. The highest BCUT2D eigenvalue weighted by atomic mass is 16.3. The molecule has 5 heteroatoms. The molecule has 0 atom stereocenters. The van der Waals surface area contributed by atoms with Crippen molar-refractivity contribution in [3.8, 4) is 5.69 Å². The Hall–Kier alpha value is -2.14. The van der Waals surface area contributed by atoms with Gasteiger partial charge in [0.2, 0.25) is 0 Å². The SMILES string of the molecule is O=C(c1ccccc1-n1cccn1)N1CCC(CO)CC1. The minimum atomic E-state index is 0.0393. The van der Waals surface area contributed by atoms with Crippen LogP contribution in [-0.4, -0.2) is 45.4 Å². The number of amides is 1. The fraction of sp³-hybridized carbons (Fsp3) is 0.375. The van der Waals surface area contributed by atoms with Crippen LogP contribution >= 0.6 is 0 Å². The van der Waals surface area contributed by atoms with Gasteiger partial charge in [-0.2, -0.15) is 5.10 Å². The lowest BCUT2D eigenvalue weighted by Crippen LogP contribution is -2.39. The van der Waals surface area contributed by atoms with Gasteiger partial charge in [0.15, 0.2) is 0 Å². The topological polar surface area (TPSA) is 58.4 Å². The lowest BCUT2D eigenvalue weighted by atomic mass is 9.97. The quantitative estimate of drug-likeness (QED) is 0.934. The smallest absolute Gasteiger partial charge is 0.256 e. The van der Waals surface area contributed by atoms with Gasteiger partial charge in [0.25, 0.3) is 5.91 Å². The summed E-state index contributed by atoms with van der Waals surface area (Å²) in [4.78, 5) is 14.6. The van der Waals surface area contributed by atoms with Crippen LogP contribution in [0.5, 0.6) is 0 Å². The largest absolute Gasteiger partial charge is 0.396 e. The third-order valence-corrected chi connectivity index (χ3v) is 4.05. The molecule has 2 aromatic rings. The summed E-state index contributed by atoms with van der Waals surface area (Å²) in [5, 5.41) is 13.4. The van der Waals surface area contributed by atoms with Crippen molar-refractivity contribution in [3.63, 3.8) is 0 Å². The van der Waals surface area contributed by atoms with Gasteiger partial charge >= 0.3 is 0 Å². The summed E-state index contributed by atoms with van der Waals surface area (Å²) in [6.07, 6.45) is 5.27. The fourth-order valence-electron chi connectivity index (χ4n) is 2.75. The van der Waals surface area contributed by atoms with Gasteiger partial charge in [-0.1, -0.05) is 12.1 Å². The predicted molar refractivity (Wildman–Crippen MR) is 79.3 cm³/mol. The summed E-state index contributed by atoms with van der Waals surface area (Å²) in [5.74, 6) is 0.368. The van der Waals surface area contributed by atoms with Crippen molar-refractivity contribution in [1.29, 1.82) is 0 Å². The molecule has 0 spiro atoms. The number of para-hydroxylation sites is 1. The molecule has 0 bridgehead atoms. The van der Waals surface area contributed by atoms with Gasteiger partial charge < -0.3 is 10.0 Å². The number of nitrogens with zero attached hydrogens (tertiary/aromatic N) is 3. The fourth-order valence-corrected chi connectivity index (χ4v) is 2.75. The van der Waals surface area contributed by atoms with E-state index in [9.17, 15) is 9.90 Å². The van der Waals surface area contributed by atoms with E-state index in [1.165, 1.54) is 0 Å². The first-order valence-electron chi connectivity index (χ1n) is 7.29. The van der Waals surface area contributed by atoms with Crippen LogP contribution in [0.2, 0.25) is 0 Å². The molecule has 1 aliphatic heterocycles. The average Bonchev–Trinajstić information content (AvgIpc) is 3.08. The van der Waals surface area contributed by atoms with Crippen LogP contribution in [-0.2, 0) is 0 Å². The molecule has 1 amide bonds. The standard InChI is InChI=1S/C16H19N3O2/c20-12-13-6-10-18(11-7-13)16(21)14-4-1-2-5-15(14)19-9-3-8-17-19/h1-5,8-9,13,20H,6-7,10-12H2. The van der Waals surface area contributed by atoms with Crippen LogP contribution in [0.1, 0.15) is 23.2 Å². The maximum Gasteiger partial charge on any atom is 0.256 e. The molecule has 1 aromatic heterocycles. The molecule has 5 nitrogen and oxygen atoms in total. The van der Waals surface area contributed by atoms with E-state index >= 15 is 0 Å². The van der Waals surface area contributed by atoms with Gasteiger partial charge in [-0.25, -0.2) is 4.68 Å². The number of aromatic nitrogens is 2. The van der Waals surface area contributed by atoms with Crippen molar-refractivity contribution in [3.05, 3.63) is 48.3 Å². The van der Waals surface area contributed by atoms with Gasteiger partial charge in [-0.15, -0.1) is 0 Å². The number of likely N-dealkylation sites (tertiary alicyclic amines) is 1. The monoisotopic (exact) mass is 285 g/mol. The van der Waals surface area contributed by atoms with Crippen molar-refractivity contribution in [2.75, 3.05) is 19.7 Å². The minimum absolute atomic E-state index is 0.0393. The number of piperidine rings is 1. The van der Waals surface area contributed by atoms with Crippen LogP contribution in [0.4, 0.5) is 0 Å². The molecule has 0 radical (unpaired) electrons. The Morgan fingerprint density at radius 2 is 2.00 bits per heavy atom. The van der Waals surface area contributed by atoms with Crippen LogP contribution in [0.3, 0.4) is 0 Å². The second-order valence-corrected chi connectivity index (χ2v) is 5.39. The molecule has 0 unspecified atom stereocenters. The summed E-state index contributed by atoms with van der Waals surface area (Å²) in [6.45, 7) is 1.63. The molecule has 110 valence electrons. The molecule has 1 aliphatic rings. The van der Waals surface area contributed by atoms with E-state index in [0.29, 0.717) is 24.6 Å². The van der Waals surface area contributed by atoms with Crippen molar-refractivity contribution in [2.24, 2.45) is 5.92 Å². The summed E-state index contributed by atoms with van der Waals surface area (Å²) < 4.78 is 1.72. The second kappa shape index (κ2) is 6.10. The zero-order chi connectivity index (χ0) is 14.7. The molecule has 0 saturated carbocycles. The molecular weight excluding hydrogens is 266 g/mol. The number of hydrogen-bond acceptors (Lipinski definition) is 3. The third kappa shape index (κ3) is 2.83. The third-order valence-electron chi connectivity index (χ3n) is 4.05. The van der Waals surface area contributed by atoms with Gasteiger partial charge in [0.1, 0.15) is 0 Å². The number of aliphatic hydroxyl groups is 1. The molecular formula is C16H19N3O2. The highest BCUT2D eigenvalue weighted by Crippen LogP contribution is 2.21. The van der Waals surface area contributed by atoms with Gasteiger partial charge in [-0.05, 0) is 37.0 Å². The molecule has 2 heterocycles. The number of aliphatic hydroxyl groups excluding tert-OH is 1. The van der Waals surface area contributed by atoms with Crippen LogP contribution < -0.4 is 0 Å². The van der Waals surface area contributed by atoms with E-state index in [1.54, 1.807) is 10.9 Å². The summed E-state index contributed by atoms with van der Waals surface area (Å²) in [7, 11) is 0. The van der Waals surface area contributed by atoms with Crippen molar-refractivity contribution in [1.82, 2.24) is 14.7 Å². The van der Waals surface area contributed by atoms with Gasteiger partial charge in [-0.3, -0.25) is 4.79 Å². The normalized spacial score (nSPS) is 16.1. The predicted octanol–water partition coefficient (Wildman–Crippen LogP) is 1.72. The first-order chi connectivity index (χ1) is 10.3. The zero-order valence-corrected chi connectivity index (χ0v) is 11.9. The molecule has 3 rings (SSSR count). The number of rotatable bonds is 3. The van der Waals surface area contributed by atoms with Gasteiger partial charge in [0, 0.05) is 32.1 Å². The number of carbonyl (C=O) groups is 1. The lowest BCUT2D eigenvalue weighted by Gasteiger charge is -2.31. The van der Waals surface area contributed by atoms with Crippen molar-refractivity contribution in [2.45, 2.75) is 12.8 Å².